The summed E-state index contributed by atoms with van der Waals surface area (Å²) < 4.78 is 5.09. The van der Waals surface area contributed by atoms with Crippen molar-refractivity contribution >= 4 is 28.2 Å². The van der Waals surface area contributed by atoms with E-state index < -0.39 is 5.60 Å². The highest BCUT2D eigenvalue weighted by Crippen LogP contribution is 2.35. The number of oxazole rings is 1. The van der Waals surface area contributed by atoms with Gasteiger partial charge in [0.2, 0.25) is 0 Å². The second kappa shape index (κ2) is 7.50. The van der Waals surface area contributed by atoms with E-state index in [1.165, 1.54) is 6.39 Å². The Balaban J connectivity index is 1.74. The fraction of sp³-hybridized carbons (Fsp3) is 0.217. The van der Waals surface area contributed by atoms with Gasteiger partial charge in [-0.3, -0.25) is 4.98 Å². The van der Waals surface area contributed by atoms with Gasteiger partial charge < -0.3 is 14.8 Å². The van der Waals surface area contributed by atoms with E-state index in [1.54, 1.807) is 26.3 Å². The van der Waals surface area contributed by atoms with E-state index in [2.05, 4.69) is 21.4 Å². The van der Waals surface area contributed by atoms with Crippen LogP contribution in [-0.4, -0.2) is 15.1 Å². The van der Waals surface area contributed by atoms with Crippen molar-refractivity contribution in [3.8, 4) is 11.1 Å². The zero-order valence-corrected chi connectivity index (χ0v) is 17.2. The van der Waals surface area contributed by atoms with Gasteiger partial charge in [0.05, 0.1) is 27.9 Å². The second-order valence-corrected chi connectivity index (χ2v) is 8.04. The fourth-order valence-electron chi connectivity index (χ4n) is 3.29. The summed E-state index contributed by atoms with van der Waals surface area (Å²) >= 11 is 6.48. The van der Waals surface area contributed by atoms with Crippen LogP contribution in [0.25, 0.3) is 22.0 Å². The van der Waals surface area contributed by atoms with Crippen LogP contribution in [0.5, 0.6) is 0 Å². The highest BCUT2D eigenvalue weighted by atomic mass is 35.5. The second-order valence-electron chi connectivity index (χ2n) is 7.63. The molecule has 5 nitrogen and oxygen atoms in total. The highest BCUT2D eigenvalue weighted by Gasteiger charge is 2.16. The molecule has 0 bridgehead atoms. The lowest BCUT2D eigenvalue weighted by molar-refractivity contribution is 0.0786. The van der Waals surface area contributed by atoms with Crippen LogP contribution in [0.4, 0.5) is 5.69 Å². The molecule has 1 unspecified atom stereocenters. The van der Waals surface area contributed by atoms with Crippen LogP contribution in [0.1, 0.15) is 38.1 Å². The molecule has 0 aliphatic heterocycles. The Kier molecular flexibility index (Phi) is 5.03. The maximum Gasteiger partial charge on any atom is 0.180 e. The molecular weight excluding hydrogens is 386 g/mol. The van der Waals surface area contributed by atoms with Crippen molar-refractivity contribution < 1.29 is 9.52 Å². The number of rotatable bonds is 5. The molecule has 0 amide bonds. The first-order valence-electron chi connectivity index (χ1n) is 9.39. The molecule has 148 valence electrons. The summed E-state index contributed by atoms with van der Waals surface area (Å²) in [7, 11) is 0. The third kappa shape index (κ3) is 3.97. The third-order valence-corrected chi connectivity index (χ3v) is 5.29. The molecule has 2 aromatic carbocycles. The fourth-order valence-corrected chi connectivity index (χ4v) is 3.50. The molecule has 6 heteroatoms. The lowest BCUT2D eigenvalue weighted by atomic mass is 9.95. The zero-order valence-electron chi connectivity index (χ0n) is 16.5. The van der Waals surface area contributed by atoms with E-state index >= 15 is 0 Å². The predicted octanol–water partition coefficient (Wildman–Crippen LogP) is 5.94. The normalized spacial score (nSPS) is 12.9. The van der Waals surface area contributed by atoms with Crippen molar-refractivity contribution in [3.63, 3.8) is 0 Å². The van der Waals surface area contributed by atoms with Crippen LogP contribution < -0.4 is 5.32 Å². The van der Waals surface area contributed by atoms with Crippen molar-refractivity contribution in [2.75, 3.05) is 5.32 Å². The van der Waals surface area contributed by atoms with Crippen LogP contribution >= 0.6 is 11.6 Å². The molecule has 0 saturated carbocycles. The van der Waals surface area contributed by atoms with E-state index in [9.17, 15) is 5.11 Å². The summed E-state index contributed by atoms with van der Waals surface area (Å²) in [5.74, 6) is 0. The largest absolute Gasteiger partial charge is 0.451 e. The van der Waals surface area contributed by atoms with Crippen molar-refractivity contribution in [1.82, 2.24) is 9.97 Å². The summed E-state index contributed by atoms with van der Waals surface area (Å²) in [5.41, 5.74) is 4.55. The number of hydrogen-bond acceptors (Lipinski definition) is 5. The predicted molar refractivity (Wildman–Crippen MR) is 116 cm³/mol. The van der Waals surface area contributed by atoms with Gasteiger partial charge in [0.25, 0.3) is 0 Å². The summed E-state index contributed by atoms with van der Waals surface area (Å²) in [6, 6.07) is 13.9. The minimum Gasteiger partial charge on any atom is -0.451 e. The first-order valence-corrected chi connectivity index (χ1v) is 9.77. The Morgan fingerprint density at radius 1 is 1.07 bits per heavy atom. The maximum atomic E-state index is 10.2. The van der Waals surface area contributed by atoms with Crippen LogP contribution in [-0.2, 0) is 5.60 Å². The van der Waals surface area contributed by atoms with Crippen LogP contribution in [0, 0.1) is 0 Å². The number of pyridine rings is 1. The molecule has 2 heterocycles. The molecule has 0 aliphatic rings. The molecular formula is C23H22ClN3O2. The van der Waals surface area contributed by atoms with E-state index in [0.717, 1.165) is 39.0 Å². The average Bonchev–Trinajstić information content (AvgIpc) is 3.24. The van der Waals surface area contributed by atoms with Gasteiger partial charge in [-0.15, -0.1) is 0 Å². The lowest BCUT2D eigenvalue weighted by Gasteiger charge is -2.18. The monoisotopic (exact) mass is 407 g/mol. The van der Waals surface area contributed by atoms with Crippen molar-refractivity contribution in [3.05, 3.63) is 77.6 Å². The Hall–Kier alpha value is -2.89. The molecule has 0 fully saturated rings. The molecule has 0 aliphatic carbocycles. The maximum absolute atomic E-state index is 10.2. The standard InChI is InChI=1S/C23H22ClN3O2/c1-14(21-12-29-13-26-21)27-22-18-10-16(6-9-20(18)25-11-19(22)24)15-4-7-17(8-5-15)23(2,3)28/h4-14,28H,1-3H3,(H,25,27). The average molecular weight is 408 g/mol. The SMILES string of the molecule is CC(Nc1c(Cl)cnc2ccc(-c3ccc(C(C)(C)O)cc3)cc12)c1cocn1. The number of nitrogens with zero attached hydrogens (tertiary/aromatic N) is 2. The lowest BCUT2D eigenvalue weighted by Crippen LogP contribution is -2.14. The Labute approximate surface area is 174 Å². The minimum atomic E-state index is -0.867. The number of aliphatic hydroxyl groups is 1. The molecule has 0 radical (unpaired) electrons. The van der Waals surface area contributed by atoms with E-state index in [-0.39, 0.29) is 6.04 Å². The van der Waals surface area contributed by atoms with Gasteiger partial charge in [0.15, 0.2) is 6.39 Å². The molecule has 29 heavy (non-hydrogen) atoms. The van der Waals surface area contributed by atoms with Crippen LogP contribution in [0.15, 0.2) is 65.7 Å². The number of halogens is 1. The molecule has 4 rings (SSSR count). The van der Waals surface area contributed by atoms with Crippen molar-refractivity contribution in [2.24, 2.45) is 0 Å². The first kappa shape index (κ1) is 19.4. The van der Waals surface area contributed by atoms with Gasteiger partial charge in [-0.2, -0.15) is 0 Å². The number of aromatic nitrogens is 2. The number of nitrogens with one attached hydrogen (secondary N) is 1. The van der Waals surface area contributed by atoms with Gasteiger partial charge in [0, 0.05) is 11.6 Å². The van der Waals surface area contributed by atoms with Crippen LogP contribution in [0.3, 0.4) is 0 Å². The van der Waals surface area contributed by atoms with Crippen molar-refractivity contribution in [1.29, 1.82) is 0 Å². The number of anilines is 1. The van der Waals surface area contributed by atoms with Crippen molar-refractivity contribution in [2.45, 2.75) is 32.4 Å². The zero-order chi connectivity index (χ0) is 20.6. The minimum absolute atomic E-state index is 0.0772. The Bertz CT molecular complexity index is 1130. The smallest absolute Gasteiger partial charge is 0.180 e. The van der Waals surface area contributed by atoms with Gasteiger partial charge in [0.1, 0.15) is 12.0 Å². The number of fused-ring (bicyclic) bond motifs is 1. The van der Waals surface area contributed by atoms with Gasteiger partial charge in [-0.1, -0.05) is 41.9 Å². The van der Waals surface area contributed by atoms with Gasteiger partial charge in [-0.25, -0.2) is 4.98 Å². The summed E-state index contributed by atoms with van der Waals surface area (Å²) in [4.78, 5) is 8.66. The molecule has 2 aromatic heterocycles. The molecule has 4 aromatic rings. The molecule has 1 atom stereocenters. The number of benzene rings is 2. The van der Waals surface area contributed by atoms with Gasteiger partial charge >= 0.3 is 0 Å². The van der Waals surface area contributed by atoms with E-state index in [0.29, 0.717) is 5.02 Å². The topological polar surface area (TPSA) is 71.2 Å². The van der Waals surface area contributed by atoms with Gasteiger partial charge in [-0.05, 0) is 49.6 Å². The molecule has 0 saturated heterocycles. The molecule has 2 N–H and O–H groups in total. The van der Waals surface area contributed by atoms with E-state index in [4.69, 9.17) is 16.0 Å². The number of hydrogen-bond donors (Lipinski definition) is 2. The van der Waals surface area contributed by atoms with E-state index in [1.807, 2.05) is 43.3 Å². The highest BCUT2D eigenvalue weighted by molar-refractivity contribution is 6.34. The summed E-state index contributed by atoms with van der Waals surface area (Å²) in [5, 5.41) is 15.1. The third-order valence-electron chi connectivity index (χ3n) is 5.00. The Morgan fingerprint density at radius 2 is 1.79 bits per heavy atom. The summed E-state index contributed by atoms with van der Waals surface area (Å²) in [6.45, 7) is 5.55. The molecule has 0 spiro atoms. The Morgan fingerprint density at radius 3 is 2.45 bits per heavy atom. The first-order chi connectivity index (χ1) is 13.8. The van der Waals surface area contributed by atoms with Crippen LogP contribution in [0.2, 0.25) is 5.02 Å². The summed E-state index contributed by atoms with van der Waals surface area (Å²) in [6.07, 6.45) is 4.68. The quantitative estimate of drug-likeness (QED) is 0.428.